The van der Waals surface area contributed by atoms with Crippen molar-refractivity contribution in [3.05, 3.63) is 65.2 Å². The number of fused-ring (bicyclic) bond motifs is 1. The van der Waals surface area contributed by atoms with Crippen LogP contribution >= 0.6 is 0 Å². The van der Waals surface area contributed by atoms with Gasteiger partial charge in [-0.3, -0.25) is 14.5 Å². The van der Waals surface area contributed by atoms with E-state index in [1.165, 1.54) is 16.8 Å². The highest BCUT2D eigenvalue weighted by Gasteiger charge is 2.26. The van der Waals surface area contributed by atoms with Gasteiger partial charge in [-0.1, -0.05) is 42.5 Å². The van der Waals surface area contributed by atoms with Crippen LogP contribution in [-0.4, -0.2) is 81.5 Å². The van der Waals surface area contributed by atoms with Crippen molar-refractivity contribution in [2.45, 2.75) is 25.3 Å². The lowest BCUT2D eigenvalue weighted by Gasteiger charge is -2.39. The first-order valence-electron chi connectivity index (χ1n) is 12.4. The number of carbonyl (C=O) groups is 2. The van der Waals surface area contributed by atoms with Gasteiger partial charge in [0.15, 0.2) is 0 Å². The number of anilines is 1. The van der Waals surface area contributed by atoms with Gasteiger partial charge < -0.3 is 20.4 Å². The highest BCUT2D eigenvalue weighted by atomic mass is 16.2. The molecule has 1 unspecified atom stereocenters. The monoisotopic (exact) mass is 463 g/mol. The number of nitrogens with zero attached hydrogens (tertiary/aromatic N) is 3. The normalized spacial score (nSPS) is 17.6. The van der Waals surface area contributed by atoms with Gasteiger partial charge >= 0.3 is 11.8 Å². The fraction of sp³-hybridized carbons (Fsp3) is 0.481. The molecule has 0 aromatic heterocycles. The molecular weight excluding hydrogens is 426 g/mol. The van der Waals surface area contributed by atoms with Gasteiger partial charge in [0.2, 0.25) is 0 Å². The number of nitrogens with one attached hydrogen (secondary N) is 2. The van der Waals surface area contributed by atoms with Crippen LogP contribution < -0.4 is 15.5 Å². The molecule has 34 heavy (non-hydrogen) atoms. The maximum atomic E-state index is 12.6. The smallest absolute Gasteiger partial charge is 0.309 e. The lowest BCUT2D eigenvalue weighted by atomic mass is 9.95. The number of hydrogen-bond acceptors (Lipinski definition) is 5. The molecule has 0 aliphatic carbocycles. The topological polar surface area (TPSA) is 67.9 Å². The Labute approximate surface area is 203 Å². The summed E-state index contributed by atoms with van der Waals surface area (Å²) >= 11 is 0. The van der Waals surface area contributed by atoms with Crippen LogP contribution in [0.4, 0.5) is 5.69 Å². The number of benzene rings is 2. The summed E-state index contributed by atoms with van der Waals surface area (Å²) in [6.45, 7) is 5.83. The van der Waals surface area contributed by atoms with Crippen LogP contribution in [-0.2, 0) is 22.4 Å². The number of likely N-dealkylation sites (N-methyl/N-ethyl adjacent to an activating group) is 1. The summed E-state index contributed by atoms with van der Waals surface area (Å²) < 4.78 is 0. The van der Waals surface area contributed by atoms with Crippen LogP contribution in [0.25, 0.3) is 0 Å². The molecule has 0 radical (unpaired) electrons. The predicted octanol–water partition coefficient (Wildman–Crippen LogP) is 1.83. The third kappa shape index (κ3) is 6.15. The zero-order valence-corrected chi connectivity index (χ0v) is 20.4. The van der Waals surface area contributed by atoms with Crippen molar-refractivity contribution in [1.29, 1.82) is 0 Å². The first-order chi connectivity index (χ1) is 16.5. The standard InChI is InChI=1S/C27H37N5O2/c1-30-15-17-32(18-16-30)25(23-10-11-24-22(19-23)9-6-14-31(24)2)20-29-27(34)26(33)28-13-12-21-7-4-3-5-8-21/h3-5,7-8,10-11,19,25H,6,9,12-18,20H2,1-2H3,(H,28,33)(H,29,34). The average molecular weight is 464 g/mol. The zero-order valence-electron chi connectivity index (χ0n) is 20.4. The molecule has 1 fully saturated rings. The molecule has 2 N–H and O–H groups in total. The van der Waals surface area contributed by atoms with E-state index in [1.54, 1.807) is 0 Å². The van der Waals surface area contributed by atoms with Crippen LogP contribution in [0.3, 0.4) is 0 Å². The van der Waals surface area contributed by atoms with Crippen molar-refractivity contribution in [3.8, 4) is 0 Å². The Morgan fingerprint density at radius 3 is 2.41 bits per heavy atom. The molecule has 4 rings (SSSR count). The second-order valence-corrected chi connectivity index (χ2v) is 9.47. The third-order valence-electron chi connectivity index (χ3n) is 7.02. The average Bonchev–Trinajstić information content (AvgIpc) is 2.86. The van der Waals surface area contributed by atoms with Gasteiger partial charge in [0, 0.05) is 58.5 Å². The molecule has 1 saturated heterocycles. The Kier molecular flexibility index (Phi) is 8.19. The predicted molar refractivity (Wildman–Crippen MR) is 136 cm³/mol. The Bertz CT molecular complexity index is 972. The summed E-state index contributed by atoms with van der Waals surface area (Å²) in [7, 11) is 4.29. The van der Waals surface area contributed by atoms with Gasteiger partial charge in [-0.05, 0) is 49.1 Å². The molecule has 2 aromatic carbocycles. The largest absolute Gasteiger partial charge is 0.374 e. The SMILES string of the molecule is CN1CCN(C(CNC(=O)C(=O)NCCc2ccccc2)c2ccc3c(c2)CCCN3C)CC1. The minimum atomic E-state index is -0.569. The summed E-state index contributed by atoms with van der Waals surface area (Å²) in [5, 5.41) is 5.66. The van der Waals surface area contributed by atoms with Crippen LogP contribution in [0, 0.1) is 0 Å². The Morgan fingerprint density at radius 1 is 0.912 bits per heavy atom. The number of rotatable bonds is 7. The van der Waals surface area contributed by atoms with Crippen LogP contribution in [0.5, 0.6) is 0 Å². The number of carbonyl (C=O) groups excluding carboxylic acids is 2. The molecule has 2 aliphatic heterocycles. The lowest BCUT2D eigenvalue weighted by Crippen LogP contribution is -2.50. The van der Waals surface area contributed by atoms with E-state index in [1.807, 2.05) is 30.3 Å². The number of piperazine rings is 1. The molecule has 2 heterocycles. The molecule has 7 heteroatoms. The molecular formula is C27H37N5O2. The fourth-order valence-corrected chi connectivity index (χ4v) is 4.92. The number of aryl methyl sites for hydroxylation is 1. The van der Waals surface area contributed by atoms with E-state index >= 15 is 0 Å². The third-order valence-corrected chi connectivity index (χ3v) is 7.02. The van der Waals surface area contributed by atoms with E-state index in [9.17, 15) is 9.59 Å². The molecule has 0 bridgehead atoms. The molecule has 7 nitrogen and oxygen atoms in total. The van der Waals surface area contributed by atoms with E-state index in [0.717, 1.165) is 51.1 Å². The van der Waals surface area contributed by atoms with Crippen molar-refractivity contribution < 1.29 is 9.59 Å². The summed E-state index contributed by atoms with van der Waals surface area (Å²) in [4.78, 5) is 32.0. The Balaban J connectivity index is 1.38. The van der Waals surface area contributed by atoms with Crippen molar-refractivity contribution in [3.63, 3.8) is 0 Å². The molecule has 1 atom stereocenters. The van der Waals surface area contributed by atoms with Crippen LogP contribution in [0.2, 0.25) is 0 Å². The quantitative estimate of drug-likeness (QED) is 0.614. The van der Waals surface area contributed by atoms with Crippen molar-refractivity contribution in [1.82, 2.24) is 20.4 Å². The molecule has 2 aromatic rings. The summed E-state index contributed by atoms with van der Waals surface area (Å²) in [6, 6.07) is 16.7. The Morgan fingerprint density at radius 2 is 1.65 bits per heavy atom. The van der Waals surface area contributed by atoms with E-state index in [2.05, 4.69) is 57.6 Å². The van der Waals surface area contributed by atoms with Crippen molar-refractivity contribution in [2.75, 3.05) is 64.8 Å². The van der Waals surface area contributed by atoms with E-state index < -0.39 is 11.8 Å². The molecule has 0 spiro atoms. The van der Waals surface area contributed by atoms with Gasteiger partial charge in [-0.2, -0.15) is 0 Å². The minimum absolute atomic E-state index is 0.0484. The van der Waals surface area contributed by atoms with E-state index in [0.29, 0.717) is 19.5 Å². The van der Waals surface area contributed by atoms with E-state index in [4.69, 9.17) is 0 Å². The van der Waals surface area contributed by atoms with Gasteiger partial charge in [0.1, 0.15) is 0 Å². The molecule has 2 amide bonds. The molecule has 182 valence electrons. The maximum Gasteiger partial charge on any atom is 0.309 e. The van der Waals surface area contributed by atoms with Crippen molar-refractivity contribution in [2.24, 2.45) is 0 Å². The number of hydrogen-bond donors (Lipinski definition) is 2. The van der Waals surface area contributed by atoms with Crippen LogP contribution in [0.1, 0.15) is 29.2 Å². The molecule has 0 saturated carbocycles. The summed E-state index contributed by atoms with van der Waals surface area (Å²) in [6.07, 6.45) is 2.94. The fourth-order valence-electron chi connectivity index (χ4n) is 4.92. The minimum Gasteiger partial charge on any atom is -0.374 e. The van der Waals surface area contributed by atoms with Crippen molar-refractivity contribution >= 4 is 17.5 Å². The number of amides is 2. The zero-order chi connectivity index (χ0) is 23.9. The van der Waals surface area contributed by atoms with Gasteiger partial charge in [-0.25, -0.2) is 0 Å². The highest BCUT2D eigenvalue weighted by molar-refractivity contribution is 6.35. The summed E-state index contributed by atoms with van der Waals surface area (Å²) in [5.41, 5.74) is 5.02. The van der Waals surface area contributed by atoms with Gasteiger partial charge in [0.05, 0.1) is 6.04 Å². The maximum absolute atomic E-state index is 12.6. The molecule has 2 aliphatic rings. The summed E-state index contributed by atoms with van der Waals surface area (Å²) in [5.74, 6) is -1.13. The lowest BCUT2D eigenvalue weighted by molar-refractivity contribution is -0.139. The first-order valence-corrected chi connectivity index (χ1v) is 12.4. The first kappa shape index (κ1) is 24.2. The van der Waals surface area contributed by atoms with Gasteiger partial charge in [0.25, 0.3) is 0 Å². The van der Waals surface area contributed by atoms with Gasteiger partial charge in [-0.15, -0.1) is 0 Å². The second kappa shape index (κ2) is 11.5. The highest BCUT2D eigenvalue weighted by Crippen LogP contribution is 2.31. The van der Waals surface area contributed by atoms with E-state index in [-0.39, 0.29) is 6.04 Å². The Hall–Kier alpha value is -2.90. The second-order valence-electron chi connectivity index (χ2n) is 9.47. The van der Waals surface area contributed by atoms with Crippen LogP contribution in [0.15, 0.2) is 48.5 Å².